The van der Waals surface area contributed by atoms with Crippen molar-refractivity contribution < 1.29 is 9.18 Å². The minimum Gasteiger partial charge on any atom is -0.347 e. The van der Waals surface area contributed by atoms with Crippen LogP contribution < -0.4 is 15.8 Å². The first-order chi connectivity index (χ1) is 16.0. The maximum absolute atomic E-state index is 13.9. The van der Waals surface area contributed by atoms with E-state index in [0.717, 1.165) is 55.5 Å². The van der Waals surface area contributed by atoms with E-state index >= 15 is 0 Å². The van der Waals surface area contributed by atoms with Gasteiger partial charge in [-0.1, -0.05) is 25.0 Å². The van der Waals surface area contributed by atoms with Gasteiger partial charge in [-0.05, 0) is 49.8 Å². The lowest BCUT2D eigenvalue weighted by Gasteiger charge is -2.39. The molecule has 1 aliphatic carbocycles. The van der Waals surface area contributed by atoms with Crippen LogP contribution >= 0.6 is 0 Å². The summed E-state index contributed by atoms with van der Waals surface area (Å²) in [7, 11) is 3.83. The Morgan fingerprint density at radius 2 is 1.82 bits per heavy atom. The van der Waals surface area contributed by atoms with Gasteiger partial charge in [0, 0.05) is 44.4 Å². The van der Waals surface area contributed by atoms with Crippen LogP contribution in [0.25, 0.3) is 11.1 Å². The number of hydrogen-bond donors (Lipinski definition) is 2. The number of nitrogens with zero attached hydrogens (tertiary/aromatic N) is 4. The van der Waals surface area contributed by atoms with E-state index in [4.69, 9.17) is 4.98 Å². The van der Waals surface area contributed by atoms with Crippen molar-refractivity contribution in [3.05, 3.63) is 42.0 Å². The normalized spacial score (nSPS) is 27.3. The molecule has 4 atom stereocenters. The lowest BCUT2D eigenvalue weighted by molar-refractivity contribution is -0.138. The van der Waals surface area contributed by atoms with Crippen molar-refractivity contribution in [1.29, 1.82) is 0 Å². The third-order valence-corrected chi connectivity index (χ3v) is 7.40. The van der Waals surface area contributed by atoms with Crippen molar-refractivity contribution in [2.75, 3.05) is 25.5 Å². The molecule has 2 N–H and O–H groups in total. The summed E-state index contributed by atoms with van der Waals surface area (Å²) in [5.74, 6) is 0.842. The van der Waals surface area contributed by atoms with Crippen LogP contribution in [-0.4, -0.2) is 53.5 Å². The largest absolute Gasteiger partial charge is 0.347 e. The molecule has 33 heavy (non-hydrogen) atoms. The van der Waals surface area contributed by atoms with E-state index in [1.807, 2.05) is 30.1 Å². The number of fused-ring (bicyclic) bond motifs is 1. The molecule has 0 bridgehead atoms. The van der Waals surface area contributed by atoms with Gasteiger partial charge in [-0.25, -0.2) is 19.8 Å². The van der Waals surface area contributed by atoms with Crippen LogP contribution in [0, 0.1) is 11.7 Å². The zero-order chi connectivity index (χ0) is 22.9. The predicted molar refractivity (Wildman–Crippen MR) is 126 cm³/mol. The van der Waals surface area contributed by atoms with Gasteiger partial charge in [0.15, 0.2) is 0 Å². The van der Waals surface area contributed by atoms with Gasteiger partial charge in [-0.3, -0.25) is 10.2 Å². The third kappa shape index (κ3) is 4.34. The lowest BCUT2D eigenvalue weighted by Crippen LogP contribution is -2.50. The minimum absolute atomic E-state index is 0.127. The Morgan fingerprint density at radius 1 is 1.06 bits per heavy atom. The molecule has 3 fully saturated rings. The summed E-state index contributed by atoms with van der Waals surface area (Å²) in [5.41, 5.74) is 9.28. The molecule has 1 saturated carbocycles. The smallest absolute Gasteiger partial charge is 0.241 e. The fraction of sp³-hybridized carbons (Fsp3) is 0.560. The van der Waals surface area contributed by atoms with Crippen LogP contribution in [0.15, 0.2) is 30.5 Å². The van der Waals surface area contributed by atoms with Crippen LogP contribution in [0.3, 0.4) is 0 Å². The summed E-state index contributed by atoms with van der Waals surface area (Å²) in [5, 5.41) is 0. The molecule has 2 saturated heterocycles. The molecule has 5 rings (SSSR count). The number of carbonyl (C=O) groups excluding carboxylic acids is 1. The molecule has 0 spiro atoms. The second-order valence-corrected chi connectivity index (χ2v) is 9.73. The van der Waals surface area contributed by atoms with Gasteiger partial charge in [0.25, 0.3) is 0 Å². The molecular formula is C25H33FN6O. The molecule has 1 amide bonds. The molecule has 7 nitrogen and oxygen atoms in total. The standard InChI is InChI=1S/C25H33FN6O/c1-31(2)25-27-15-19(16-10-12-17(26)13-11-16)22(28-25)21-9-5-6-14-32(21)24(33)23-18-7-3-4-8-20(18)29-30-23/h10-13,15,18,20-21,23,29-30H,3-9,14H2,1-2H3. The first-order valence-corrected chi connectivity index (χ1v) is 12.1. The summed E-state index contributed by atoms with van der Waals surface area (Å²) in [4.78, 5) is 27.2. The first kappa shape index (κ1) is 22.2. The zero-order valence-electron chi connectivity index (χ0n) is 19.4. The van der Waals surface area contributed by atoms with Crippen molar-refractivity contribution >= 4 is 11.9 Å². The molecule has 0 radical (unpaired) electrons. The van der Waals surface area contributed by atoms with Crippen LogP contribution in [0.4, 0.5) is 10.3 Å². The summed E-state index contributed by atoms with van der Waals surface area (Å²) in [6, 6.07) is 6.50. The molecule has 2 aromatic rings. The first-order valence-electron chi connectivity index (χ1n) is 12.1. The van der Waals surface area contributed by atoms with Gasteiger partial charge in [-0.2, -0.15) is 0 Å². The highest BCUT2D eigenvalue weighted by Crippen LogP contribution is 2.38. The van der Waals surface area contributed by atoms with E-state index in [9.17, 15) is 9.18 Å². The highest BCUT2D eigenvalue weighted by molar-refractivity contribution is 5.83. The van der Waals surface area contributed by atoms with E-state index in [-0.39, 0.29) is 23.8 Å². The Morgan fingerprint density at radius 3 is 2.61 bits per heavy atom. The SMILES string of the molecule is CN(C)c1ncc(-c2ccc(F)cc2)c(C2CCCCN2C(=O)C2NNC3CCCCC32)n1. The zero-order valence-corrected chi connectivity index (χ0v) is 19.4. The highest BCUT2D eigenvalue weighted by Gasteiger charge is 2.44. The number of nitrogens with one attached hydrogen (secondary N) is 2. The molecule has 176 valence electrons. The second kappa shape index (κ2) is 9.35. The molecular weight excluding hydrogens is 419 g/mol. The Kier molecular flexibility index (Phi) is 6.29. The average Bonchev–Trinajstić information content (AvgIpc) is 3.28. The van der Waals surface area contributed by atoms with Crippen LogP contribution in [0.5, 0.6) is 0 Å². The topological polar surface area (TPSA) is 73.4 Å². The summed E-state index contributed by atoms with van der Waals surface area (Å²) in [6.07, 6.45) is 9.32. The molecule has 8 heteroatoms. The van der Waals surface area contributed by atoms with Gasteiger partial charge in [0.1, 0.15) is 11.9 Å². The van der Waals surface area contributed by atoms with Crippen molar-refractivity contribution in [3.63, 3.8) is 0 Å². The van der Waals surface area contributed by atoms with Gasteiger partial charge in [0.05, 0.1) is 11.7 Å². The summed E-state index contributed by atoms with van der Waals surface area (Å²) < 4.78 is 13.6. The number of anilines is 1. The lowest BCUT2D eigenvalue weighted by atomic mass is 9.81. The molecule has 3 heterocycles. The number of aromatic nitrogens is 2. The minimum atomic E-state index is -0.276. The van der Waals surface area contributed by atoms with Crippen molar-refractivity contribution in [1.82, 2.24) is 25.7 Å². The maximum Gasteiger partial charge on any atom is 0.241 e. The monoisotopic (exact) mass is 452 g/mol. The number of halogens is 1. The van der Waals surface area contributed by atoms with Gasteiger partial charge in [-0.15, -0.1) is 0 Å². The predicted octanol–water partition coefficient (Wildman–Crippen LogP) is 3.44. The van der Waals surface area contributed by atoms with Crippen molar-refractivity contribution in [2.45, 2.75) is 63.1 Å². The van der Waals surface area contributed by atoms with Crippen LogP contribution in [0.2, 0.25) is 0 Å². The molecule has 4 unspecified atom stereocenters. The van der Waals surface area contributed by atoms with Gasteiger partial charge in [0.2, 0.25) is 11.9 Å². The van der Waals surface area contributed by atoms with E-state index in [2.05, 4.69) is 15.8 Å². The number of likely N-dealkylation sites (tertiary alicyclic amines) is 1. The van der Waals surface area contributed by atoms with E-state index in [1.54, 1.807) is 12.1 Å². The summed E-state index contributed by atoms with van der Waals surface area (Å²) in [6.45, 7) is 0.725. The Hall–Kier alpha value is -2.58. The second-order valence-electron chi connectivity index (χ2n) is 9.73. The fourth-order valence-corrected chi connectivity index (χ4v) is 5.65. The average molecular weight is 453 g/mol. The number of piperidine rings is 1. The molecule has 1 aromatic heterocycles. The molecule has 2 aliphatic heterocycles. The van der Waals surface area contributed by atoms with Crippen molar-refractivity contribution in [3.8, 4) is 11.1 Å². The number of benzene rings is 1. The van der Waals surface area contributed by atoms with Crippen molar-refractivity contribution in [2.24, 2.45) is 5.92 Å². The molecule has 1 aromatic carbocycles. The number of carbonyl (C=O) groups is 1. The molecule has 3 aliphatic rings. The van der Waals surface area contributed by atoms with Gasteiger partial charge >= 0.3 is 0 Å². The number of hydrogen-bond acceptors (Lipinski definition) is 6. The van der Waals surface area contributed by atoms with E-state index in [1.165, 1.54) is 25.0 Å². The van der Waals surface area contributed by atoms with E-state index in [0.29, 0.717) is 17.9 Å². The van der Waals surface area contributed by atoms with Crippen LogP contribution in [0.1, 0.15) is 56.7 Å². The number of amides is 1. The summed E-state index contributed by atoms with van der Waals surface area (Å²) >= 11 is 0. The van der Waals surface area contributed by atoms with Gasteiger partial charge < -0.3 is 9.80 Å². The Labute approximate surface area is 194 Å². The van der Waals surface area contributed by atoms with Crippen LogP contribution in [-0.2, 0) is 4.79 Å². The Balaban J connectivity index is 1.51. The van der Waals surface area contributed by atoms with E-state index < -0.39 is 0 Å². The fourth-order valence-electron chi connectivity index (χ4n) is 5.65. The number of rotatable bonds is 4. The number of hydrazine groups is 1. The quantitative estimate of drug-likeness (QED) is 0.741. The maximum atomic E-state index is 13.9. The third-order valence-electron chi connectivity index (χ3n) is 7.40. The highest BCUT2D eigenvalue weighted by atomic mass is 19.1. The Bertz CT molecular complexity index is 997.